The molecule has 1 aromatic rings. The van der Waals surface area contributed by atoms with Crippen molar-refractivity contribution in [2.75, 3.05) is 20.2 Å². The van der Waals surface area contributed by atoms with Crippen molar-refractivity contribution in [1.82, 2.24) is 5.32 Å². The molecule has 2 N–H and O–H groups in total. The fraction of sp³-hybridized carbons (Fsp3) is 0.600. The average molecular weight is 247 g/mol. The van der Waals surface area contributed by atoms with Gasteiger partial charge < -0.3 is 15.2 Å². The fourth-order valence-corrected chi connectivity index (χ4v) is 3.59. The number of rotatable bonds is 3. The molecule has 1 saturated carbocycles. The molecule has 1 aromatic carbocycles. The summed E-state index contributed by atoms with van der Waals surface area (Å²) in [6.45, 7) is 2.16. The second kappa shape index (κ2) is 4.56. The van der Waals surface area contributed by atoms with E-state index in [4.69, 9.17) is 4.74 Å². The second-order valence-electron chi connectivity index (χ2n) is 5.84. The molecule has 2 atom stereocenters. The molecule has 2 fully saturated rings. The van der Waals surface area contributed by atoms with E-state index in [1.807, 2.05) is 12.1 Å². The van der Waals surface area contributed by atoms with Crippen molar-refractivity contribution in [3.05, 3.63) is 29.8 Å². The van der Waals surface area contributed by atoms with Crippen molar-refractivity contribution in [3.63, 3.8) is 0 Å². The molecule has 0 amide bonds. The number of nitrogens with one attached hydrogen (secondary N) is 1. The van der Waals surface area contributed by atoms with Crippen molar-refractivity contribution >= 4 is 0 Å². The van der Waals surface area contributed by atoms with Gasteiger partial charge in [-0.1, -0.05) is 12.1 Å². The summed E-state index contributed by atoms with van der Waals surface area (Å²) in [5.74, 6) is 2.22. The molecule has 1 aliphatic carbocycles. The van der Waals surface area contributed by atoms with E-state index in [0.717, 1.165) is 38.1 Å². The molecule has 3 rings (SSSR count). The summed E-state index contributed by atoms with van der Waals surface area (Å²) in [7, 11) is 1.67. The molecule has 0 aromatic heterocycles. The topological polar surface area (TPSA) is 41.5 Å². The minimum Gasteiger partial charge on any atom is -0.497 e. The lowest BCUT2D eigenvalue weighted by atomic mass is 9.91. The highest BCUT2D eigenvalue weighted by Crippen LogP contribution is 2.42. The van der Waals surface area contributed by atoms with E-state index in [0.29, 0.717) is 11.8 Å². The lowest BCUT2D eigenvalue weighted by molar-refractivity contribution is 0.0398. The second-order valence-corrected chi connectivity index (χ2v) is 5.84. The first-order chi connectivity index (χ1) is 8.68. The zero-order valence-electron chi connectivity index (χ0n) is 10.9. The summed E-state index contributed by atoms with van der Waals surface area (Å²) in [6.07, 6.45) is 2.65. The van der Waals surface area contributed by atoms with E-state index in [9.17, 15) is 5.11 Å². The quantitative estimate of drug-likeness (QED) is 0.852. The van der Waals surface area contributed by atoms with Gasteiger partial charge in [0.15, 0.2) is 0 Å². The molecule has 1 heterocycles. The van der Waals surface area contributed by atoms with Gasteiger partial charge in [0.1, 0.15) is 5.75 Å². The summed E-state index contributed by atoms with van der Waals surface area (Å²) in [6, 6.07) is 8.05. The van der Waals surface area contributed by atoms with Gasteiger partial charge in [-0.3, -0.25) is 0 Å². The molecule has 3 nitrogen and oxygen atoms in total. The molecular formula is C15H21NO2. The van der Waals surface area contributed by atoms with Crippen LogP contribution in [0.5, 0.6) is 5.75 Å². The molecular weight excluding hydrogens is 226 g/mol. The number of hydrogen-bond donors (Lipinski definition) is 2. The van der Waals surface area contributed by atoms with Crippen LogP contribution in [0.15, 0.2) is 24.3 Å². The van der Waals surface area contributed by atoms with Gasteiger partial charge in [0.25, 0.3) is 0 Å². The number of benzene rings is 1. The zero-order chi connectivity index (χ0) is 12.6. The minimum atomic E-state index is -0.494. The Morgan fingerprint density at radius 1 is 1.22 bits per heavy atom. The van der Waals surface area contributed by atoms with Crippen LogP contribution in [0.4, 0.5) is 0 Å². The number of hydrogen-bond acceptors (Lipinski definition) is 3. The summed E-state index contributed by atoms with van der Waals surface area (Å²) in [5, 5.41) is 14.1. The largest absolute Gasteiger partial charge is 0.497 e. The maximum absolute atomic E-state index is 10.7. The van der Waals surface area contributed by atoms with Crippen molar-refractivity contribution in [1.29, 1.82) is 0 Å². The molecule has 0 spiro atoms. The SMILES string of the molecule is COc1ccc(CC2(O)CC3CNCC3C2)cc1. The third kappa shape index (κ3) is 2.25. The molecule has 18 heavy (non-hydrogen) atoms. The number of fused-ring (bicyclic) bond motifs is 1. The first-order valence-corrected chi connectivity index (χ1v) is 6.74. The summed E-state index contributed by atoms with van der Waals surface area (Å²) in [5.41, 5.74) is 0.706. The molecule has 1 aliphatic heterocycles. The van der Waals surface area contributed by atoms with Crippen LogP contribution in [0.25, 0.3) is 0 Å². The molecule has 2 aliphatic rings. The summed E-state index contributed by atoms with van der Waals surface area (Å²) in [4.78, 5) is 0. The lowest BCUT2D eigenvalue weighted by Crippen LogP contribution is -2.30. The van der Waals surface area contributed by atoms with Gasteiger partial charge in [-0.15, -0.1) is 0 Å². The van der Waals surface area contributed by atoms with E-state index in [1.54, 1.807) is 7.11 Å². The van der Waals surface area contributed by atoms with E-state index in [1.165, 1.54) is 5.56 Å². The normalized spacial score (nSPS) is 34.6. The summed E-state index contributed by atoms with van der Waals surface area (Å²) >= 11 is 0. The molecule has 2 unspecified atom stereocenters. The van der Waals surface area contributed by atoms with Gasteiger partial charge in [0.05, 0.1) is 12.7 Å². The Morgan fingerprint density at radius 3 is 2.39 bits per heavy atom. The highest BCUT2D eigenvalue weighted by Gasteiger charge is 2.45. The Hall–Kier alpha value is -1.06. The van der Waals surface area contributed by atoms with Crippen molar-refractivity contribution in [3.8, 4) is 5.75 Å². The average Bonchev–Trinajstić information content (AvgIpc) is 2.88. The van der Waals surface area contributed by atoms with Gasteiger partial charge in [-0.2, -0.15) is 0 Å². The fourth-order valence-electron chi connectivity index (χ4n) is 3.59. The van der Waals surface area contributed by atoms with E-state index in [2.05, 4.69) is 17.4 Å². The van der Waals surface area contributed by atoms with Gasteiger partial charge >= 0.3 is 0 Å². The Bertz CT molecular complexity index is 403. The first-order valence-electron chi connectivity index (χ1n) is 6.74. The van der Waals surface area contributed by atoms with E-state index in [-0.39, 0.29) is 0 Å². The number of ether oxygens (including phenoxy) is 1. The third-order valence-electron chi connectivity index (χ3n) is 4.46. The Kier molecular flexibility index (Phi) is 3.04. The standard InChI is InChI=1S/C15H21NO2/c1-18-14-4-2-11(3-5-14)6-15(17)7-12-9-16-10-13(12)8-15/h2-5,12-13,16-17H,6-10H2,1H3. The van der Waals surface area contributed by atoms with Crippen LogP contribution < -0.4 is 10.1 Å². The monoisotopic (exact) mass is 247 g/mol. The molecule has 1 saturated heterocycles. The maximum Gasteiger partial charge on any atom is 0.118 e. The number of methoxy groups -OCH3 is 1. The predicted octanol–water partition coefficient (Wildman–Crippen LogP) is 1.60. The highest BCUT2D eigenvalue weighted by molar-refractivity contribution is 5.28. The highest BCUT2D eigenvalue weighted by atomic mass is 16.5. The third-order valence-corrected chi connectivity index (χ3v) is 4.46. The molecule has 3 heteroatoms. The predicted molar refractivity (Wildman–Crippen MR) is 70.7 cm³/mol. The number of aliphatic hydroxyl groups is 1. The Morgan fingerprint density at radius 2 is 1.83 bits per heavy atom. The van der Waals surface area contributed by atoms with Gasteiger partial charge in [-0.25, -0.2) is 0 Å². The van der Waals surface area contributed by atoms with E-state index >= 15 is 0 Å². The van der Waals surface area contributed by atoms with Crippen LogP contribution in [0.1, 0.15) is 18.4 Å². The Labute approximate surface area is 108 Å². The van der Waals surface area contributed by atoms with Gasteiger partial charge in [0, 0.05) is 6.42 Å². The van der Waals surface area contributed by atoms with Gasteiger partial charge in [-0.05, 0) is 55.5 Å². The van der Waals surface area contributed by atoms with Crippen molar-refractivity contribution in [2.45, 2.75) is 24.9 Å². The van der Waals surface area contributed by atoms with Crippen molar-refractivity contribution in [2.24, 2.45) is 11.8 Å². The van der Waals surface area contributed by atoms with Crippen molar-refractivity contribution < 1.29 is 9.84 Å². The maximum atomic E-state index is 10.7. The molecule has 98 valence electrons. The lowest BCUT2D eigenvalue weighted by Gasteiger charge is -2.24. The first kappa shape index (κ1) is 12.0. The van der Waals surface area contributed by atoms with Crippen LogP contribution in [0, 0.1) is 11.8 Å². The summed E-state index contributed by atoms with van der Waals surface area (Å²) < 4.78 is 5.15. The Balaban J connectivity index is 1.68. The molecule has 0 bridgehead atoms. The van der Waals surface area contributed by atoms with Crippen LogP contribution in [-0.4, -0.2) is 30.9 Å². The van der Waals surface area contributed by atoms with Crippen LogP contribution in [0.2, 0.25) is 0 Å². The van der Waals surface area contributed by atoms with Gasteiger partial charge in [0.2, 0.25) is 0 Å². The smallest absolute Gasteiger partial charge is 0.118 e. The minimum absolute atomic E-state index is 0.494. The van der Waals surface area contributed by atoms with Crippen LogP contribution in [-0.2, 0) is 6.42 Å². The van der Waals surface area contributed by atoms with Crippen LogP contribution in [0.3, 0.4) is 0 Å². The zero-order valence-corrected chi connectivity index (χ0v) is 10.9. The van der Waals surface area contributed by atoms with E-state index < -0.39 is 5.60 Å². The van der Waals surface area contributed by atoms with Crippen LogP contribution >= 0.6 is 0 Å². The molecule has 0 radical (unpaired) electrons.